The van der Waals surface area contributed by atoms with Crippen LogP contribution in [0.15, 0.2) is 4.99 Å². The lowest BCUT2D eigenvalue weighted by Crippen LogP contribution is -2.43. The average Bonchev–Trinajstić information content (AvgIpc) is 3.00. The zero-order chi connectivity index (χ0) is 17.7. The fourth-order valence-corrected chi connectivity index (χ4v) is 4.56. The van der Waals surface area contributed by atoms with Gasteiger partial charge in [0, 0.05) is 39.0 Å². The molecule has 0 radical (unpaired) electrons. The van der Waals surface area contributed by atoms with Crippen LogP contribution in [-0.2, 0) is 9.59 Å². The van der Waals surface area contributed by atoms with Gasteiger partial charge in [0.15, 0.2) is 5.96 Å². The van der Waals surface area contributed by atoms with Crippen molar-refractivity contribution in [3.63, 3.8) is 0 Å². The fourth-order valence-electron chi connectivity index (χ4n) is 4.56. The van der Waals surface area contributed by atoms with Gasteiger partial charge in [-0.2, -0.15) is 0 Å². The number of aliphatic imine (C=N–C) groups is 1. The molecule has 1 saturated carbocycles. The third-order valence-electron chi connectivity index (χ3n) is 5.96. The Balaban J connectivity index is 0.00000243. The van der Waals surface area contributed by atoms with Crippen LogP contribution in [0.1, 0.15) is 64.7 Å². The molecule has 148 valence electrons. The number of halogens is 1. The average molecular weight is 476 g/mol. The highest BCUT2D eigenvalue weighted by atomic mass is 127. The van der Waals surface area contributed by atoms with Crippen molar-refractivity contribution in [2.45, 2.75) is 64.7 Å². The molecule has 2 heterocycles. The summed E-state index contributed by atoms with van der Waals surface area (Å²) < 4.78 is 0. The van der Waals surface area contributed by atoms with Gasteiger partial charge in [-0.05, 0) is 38.0 Å². The van der Waals surface area contributed by atoms with Crippen LogP contribution in [0, 0.1) is 5.41 Å². The third-order valence-corrected chi connectivity index (χ3v) is 5.96. The van der Waals surface area contributed by atoms with E-state index in [4.69, 9.17) is 4.99 Å². The second kappa shape index (κ2) is 9.90. The zero-order valence-electron chi connectivity index (χ0n) is 16.0. The van der Waals surface area contributed by atoms with Crippen molar-refractivity contribution in [1.29, 1.82) is 0 Å². The van der Waals surface area contributed by atoms with Crippen molar-refractivity contribution < 1.29 is 9.59 Å². The molecular weight excluding hydrogens is 443 g/mol. The van der Waals surface area contributed by atoms with Crippen LogP contribution in [0.2, 0.25) is 0 Å². The number of hydrogen-bond donors (Lipinski definition) is 1. The van der Waals surface area contributed by atoms with E-state index in [2.05, 4.69) is 17.1 Å². The Morgan fingerprint density at radius 1 is 1.08 bits per heavy atom. The summed E-state index contributed by atoms with van der Waals surface area (Å²) in [5.41, 5.74) is 0.493. The normalized spacial score (nSPS) is 23.3. The van der Waals surface area contributed by atoms with Gasteiger partial charge in [-0.3, -0.25) is 19.5 Å². The van der Waals surface area contributed by atoms with E-state index in [0.717, 1.165) is 25.6 Å². The van der Waals surface area contributed by atoms with Crippen LogP contribution >= 0.6 is 24.0 Å². The molecule has 0 atom stereocenters. The summed E-state index contributed by atoms with van der Waals surface area (Å²) in [6.45, 7) is 5.98. The molecule has 1 N–H and O–H groups in total. The highest BCUT2D eigenvalue weighted by Gasteiger charge is 2.39. The number of hydrogen-bond acceptors (Lipinski definition) is 3. The Kier molecular flexibility index (Phi) is 8.16. The van der Waals surface area contributed by atoms with Crippen LogP contribution in [0.4, 0.5) is 0 Å². The van der Waals surface area contributed by atoms with Crippen molar-refractivity contribution in [3.8, 4) is 0 Å². The maximum Gasteiger partial charge on any atom is 0.229 e. The van der Waals surface area contributed by atoms with Gasteiger partial charge < -0.3 is 10.2 Å². The lowest BCUT2D eigenvalue weighted by molar-refractivity contribution is -0.147. The molecule has 2 aliphatic heterocycles. The molecule has 2 amide bonds. The molecule has 0 aromatic rings. The number of likely N-dealkylation sites (tertiary alicyclic amines) is 2. The van der Waals surface area contributed by atoms with Crippen LogP contribution < -0.4 is 5.32 Å². The molecule has 2 saturated heterocycles. The Morgan fingerprint density at radius 3 is 2.42 bits per heavy atom. The molecule has 26 heavy (non-hydrogen) atoms. The van der Waals surface area contributed by atoms with E-state index in [1.165, 1.54) is 43.4 Å². The van der Waals surface area contributed by atoms with E-state index in [0.29, 0.717) is 37.8 Å². The van der Waals surface area contributed by atoms with Gasteiger partial charge >= 0.3 is 0 Å². The second-order valence-corrected chi connectivity index (χ2v) is 7.76. The number of guanidine groups is 1. The number of carbonyl (C=O) groups is 2. The van der Waals surface area contributed by atoms with Crippen molar-refractivity contribution in [2.75, 3.05) is 32.7 Å². The minimum atomic E-state index is -0.0428. The predicted molar refractivity (Wildman–Crippen MR) is 114 cm³/mol. The number of rotatable bonds is 4. The van der Waals surface area contributed by atoms with Gasteiger partial charge in [-0.15, -0.1) is 24.0 Å². The van der Waals surface area contributed by atoms with E-state index in [-0.39, 0.29) is 35.8 Å². The number of nitrogens with one attached hydrogen (secondary N) is 1. The standard InChI is InChI=1S/C19H32N4O2.HI/c1-2-20-18(21-12-14-23-16(24)7-6-8-17(23)25)22-13-11-19(15-22)9-4-3-5-10-19;/h2-15H2,1H3,(H,20,21);1H. The minimum absolute atomic E-state index is 0. The predicted octanol–water partition coefficient (Wildman–Crippen LogP) is 2.77. The maximum absolute atomic E-state index is 11.9. The summed E-state index contributed by atoms with van der Waals surface area (Å²) in [5, 5.41) is 3.39. The lowest BCUT2D eigenvalue weighted by Gasteiger charge is -2.33. The first kappa shape index (κ1) is 21.4. The van der Waals surface area contributed by atoms with E-state index in [9.17, 15) is 9.59 Å². The molecule has 3 rings (SSSR count). The molecule has 1 spiro atoms. The molecule has 0 aromatic carbocycles. The van der Waals surface area contributed by atoms with Gasteiger partial charge in [-0.25, -0.2) is 0 Å². The first-order valence-electron chi connectivity index (χ1n) is 10.00. The molecule has 7 heteroatoms. The van der Waals surface area contributed by atoms with Crippen LogP contribution in [0.3, 0.4) is 0 Å². The summed E-state index contributed by atoms with van der Waals surface area (Å²) in [7, 11) is 0. The van der Waals surface area contributed by atoms with Gasteiger partial charge in [0.05, 0.1) is 6.54 Å². The monoisotopic (exact) mass is 476 g/mol. The van der Waals surface area contributed by atoms with E-state index < -0.39 is 0 Å². The van der Waals surface area contributed by atoms with Crippen molar-refractivity contribution in [3.05, 3.63) is 0 Å². The summed E-state index contributed by atoms with van der Waals surface area (Å²) in [6, 6.07) is 0. The summed E-state index contributed by atoms with van der Waals surface area (Å²) in [4.78, 5) is 32.3. The number of imide groups is 1. The quantitative estimate of drug-likeness (QED) is 0.294. The molecule has 0 aromatic heterocycles. The third kappa shape index (κ3) is 5.10. The van der Waals surface area contributed by atoms with Crippen LogP contribution in [0.25, 0.3) is 0 Å². The van der Waals surface area contributed by atoms with Gasteiger partial charge in [-0.1, -0.05) is 19.3 Å². The van der Waals surface area contributed by atoms with E-state index >= 15 is 0 Å². The zero-order valence-corrected chi connectivity index (χ0v) is 18.3. The van der Waals surface area contributed by atoms with Gasteiger partial charge in [0.2, 0.25) is 11.8 Å². The van der Waals surface area contributed by atoms with E-state index in [1.807, 2.05) is 0 Å². The summed E-state index contributed by atoms with van der Waals surface area (Å²) in [5.74, 6) is 0.861. The molecular formula is C19H33IN4O2. The van der Waals surface area contributed by atoms with Gasteiger partial charge in [0.25, 0.3) is 0 Å². The summed E-state index contributed by atoms with van der Waals surface area (Å²) in [6.07, 6.45) is 9.74. The maximum atomic E-state index is 11.9. The van der Waals surface area contributed by atoms with Crippen LogP contribution in [-0.4, -0.2) is 60.3 Å². The minimum Gasteiger partial charge on any atom is -0.357 e. The SMILES string of the molecule is CCNC(=NCCN1C(=O)CCCC1=O)N1CCC2(CCCCC2)C1.I. The first-order chi connectivity index (χ1) is 12.1. The second-order valence-electron chi connectivity index (χ2n) is 7.76. The van der Waals surface area contributed by atoms with Crippen molar-refractivity contribution in [2.24, 2.45) is 10.4 Å². The Labute approximate surface area is 174 Å². The Morgan fingerprint density at radius 2 is 1.77 bits per heavy atom. The molecule has 3 fully saturated rings. The molecule has 0 unspecified atom stereocenters. The number of piperidine rings is 1. The van der Waals surface area contributed by atoms with Crippen molar-refractivity contribution in [1.82, 2.24) is 15.1 Å². The Bertz CT molecular complexity index is 516. The lowest BCUT2D eigenvalue weighted by atomic mass is 9.73. The number of amides is 2. The largest absolute Gasteiger partial charge is 0.357 e. The number of nitrogens with zero attached hydrogens (tertiary/aromatic N) is 3. The number of carbonyl (C=O) groups excluding carboxylic acids is 2. The molecule has 1 aliphatic carbocycles. The topological polar surface area (TPSA) is 65.0 Å². The Hall–Kier alpha value is -0.860. The fraction of sp³-hybridized carbons (Fsp3) is 0.842. The van der Waals surface area contributed by atoms with Crippen LogP contribution in [0.5, 0.6) is 0 Å². The van der Waals surface area contributed by atoms with Gasteiger partial charge in [0.1, 0.15) is 0 Å². The highest BCUT2D eigenvalue weighted by Crippen LogP contribution is 2.43. The smallest absolute Gasteiger partial charge is 0.229 e. The molecule has 3 aliphatic rings. The first-order valence-corrected chi connectivity index (χ1v) is 10.00. The molecule has 0 bridgehead atoms. The van der Waals surface area contributed by atoms with Crippen molar-refractivity contribution >= 4 is 41.8 Å². The molecule has 6 nitrogen and oxygen atoms in total. The highest BCUT2D eigenvalue weighted by molar-refractivity contribution is 14.0. The van der Waals surface area contributed by atoms with E-state index in [1.54, 1.807) is 0 Å². The summed E-state index contributed by atoms with van der Waals surface area (Å²) >= 11 is 0.